The molecule has 1 saturated heterocycles. The molecule has 2 rings (SSSR count). The van der Waals surface area contributed by atoms with Crippen LogP contribution in [0.4, 0.5) is 0 Å². The van der Waals surface area contributed by atoms with Gasteiger partial charge in [0.15, 0.2) is 5.96 Å². The first kappa shape index (κ1) is 21.2. The van der Waals surface area contributed by atoms with E-state index in [4.69, 9.17) is 4.74 Å². The van der Waals surface area contributed by atoms with Gasteiger partial charge in [0.2, 0.25) is 5.91 Å². The maximum atomic E-state index is 11.7. The van der Waals surface area contributed by atoms with Crippen molar-refractivity contribution in [3.8, 4) is 0 Å². The Bertz CT molecular complexity index is 600. The number of morpholine rings is 1. The van der Waals surface area contributed by atoms with Crippen LogP contribution < -0.4 is 16.0 Å². The van der Waals surface area contributed by atoms with Gasteiger partial charge in [-0.05, 0) is 17.5 Å². The van der Waals surface area contributed by atoms with E-state index in [1.807, 2.05) is 6.92 Å². The van der Waals surface area contributed by atoms with Crippen LogP contribution in [0, 0.1) is 0 Å². The Morgan fingerprint density at radius 3 is 2.56 bits per heavy atom. The van der Waals surface area contributed by atoms with Crippen molar-refractivity contribution in [3.05, 3.63) is 35.4 Å². The van der Waals surface area contributed by atoms with Crippen LogP contribution in [0.1, 0.15) is 30.9 Å². The molecule has 0 aliphatic carbocycles. The zero-order valence-electron chi connectivity index (χ0n) is 16.6. The molecule has 1 fully saturated rings. The summed E-state index contributed by atoms with van der Waals surface area (Å²) in [6.07, 6.45) is 1.39. The Morgan fingerprint density at radius 2 is 1.85 bits per heavy atom. The number of carbonyl (C=O) groups excluding carboxylic acids is 1. The molecule has 3 N–H and O–H groups in total. The molecule has 0 bridgehead atoms. The summed E-state index contributed by atoms with van der Waals surface area (Å²) in [6.45, 7) is 8.53. The number of nitrogens with one attached hydrogen (secondary N) is 3. The number of ether oxygens (including phenoxy) is 1. The number of nitrogens with zero attached hydrogens (tertiary/aromatic N) is 2. The van der Waals surface area contributed by atoms with Gasteiger partial charge in [0.1, 0.15) is 0 Å². The van der Waals surface area contributed by atoms with E-state index in [-0.39, 0.29) is 5.91 Å². The van der Waals surface area contributed by atoms with Crippen LogP contribution in [0.3, 0.4) is 0 Å². The van der Waals surface area contributed by atoms with E-state index in [1.165, 1.54) is 11.1 Å². The summed E-state index contributed by atoms with van der Waals surface area (Å²) >= 11 is 0. The van der Waals surface area contributed by atoms with E-state index >= 15 is 0 Å². The number of aliphatic imine (C=N–C) groups is 1. The average molecular weight is 376 g/mol. The highest BCUT2D eigenvalue weighted by Crippen LogP contribution is 2.12. The van der Waals surface area contributed by atoms with Gasteiger partial charge in [-0.3, -0.25) is 14.7 Å². The van der Waals surface area contributed by atoms with Gasteiger partial charge in [-0.1, -0.05) is 31.2 Å². The molecule has 150 valence electrons. The van der Waals surface area contributed by atoms with E-state index < -0.39 is 0 Å². The van der Waals surface area contributed by atoms with E-state index in [2.05, 4.69) is 50.1 Å². The van der Waals surface area contributed by atoms with Gasteiger partial charge < -0.3 is 20.7 Å². The quantitative estimate of drug-likeness (QED) is 0.445. The van der Waals surface area contributed by atoms with Gasteiger partial charge in [-0.2, -0.15) is 0 Å². The topological polar surface area (TPSA) is 78.0 Å². The van der Waals surface area contributed by atoms with Crippen molar-refractivity contribution in [2.75, 3.05) is 46.4 Å². The molecule has 0 aromatic heterocycles. The smallest absolute Gasteiger partial charge is 0.221 e. The zero-order chi connectivity index (χ0) is 19.3. The maximum absolute atomic E-state index is 11.7. The largest absolute Gasteiger partial charge is 0.379 e. The first-order valence-electron chi connectivity index (χ1n) is 9.81. The van der Waals surface area contributed by atoms with Gasteiger partial charge in [-0.25, -0.2) is 0 Å². The van der Waals surface area contributed by atoms with Crippen molar-refractivity contribution in [1.29, 1.82) is 0 Å². The van der Waals surface area contributed by atoms with Crippen LogP contribution in [0.25, 0.3) is 0 Å². The number of amides is 1. The third kappa shape index (κ3) is 7.97. The lowest BCUT2D eigenvalue weighted by atomic mass is 10.1. The molecule has 0 radical (unpaired) electrons. The Hall–Kier alpha value is -2.12. The van der Waals surface area contributed by atoms with Crippen LogP contribution in [0.2, 0.25) is 0 Å². The summed E-state index contributed by atoms with van der Waals surface area (Å²) in [4.78, 5) is 18.3. The van der Waals surface area contributed by atoms with Crippen molar-refractivity contribution < 1.29 is 9.53 Å². The molecular weight excluding hydrogens is 342 g/mol. The SMILES string of the molecule is CCCNC(=O)CCNC(=NC)NCc1ccccc1CN1CCOCC1. The summed E-state index contributed by atoms with van der Waals surface area (Å²) in [6, 6.07) is 8.48. The molecule has 1 amide bonds. The van der Waals surface area contributed by atoms with Gasteiger partial charge >= 0.3 is 0 Å². The predicted molar refractivity (Wildman–Crippen MR) is 109 cm³/mol. The predicted octanol–water partition coefficient (Wildman–Crippen LogP) is 1.10. The number of hydrogen-bond donors (Lipinski definition) is 3. The summed E-state index contributed by atoms with van der Waals surface area (Å²) in [5.41, 5.74) is 2.58. The van der Waals surface area contributed by atoms with Gasteiger partial charge in [0.05, 0.1) is 13.2 Å². The fourth-order valence-electron chi connectivity index (χ4n) is 2.93. The summed E-state index contributed by atoms with van der Waals surface area (Å²) in [5.74, 6) is 0.773. The molecule has 7 nitrogen and oxygen atoms in total. The lowest BCUT2D eigenvalue weighted by Gasteiger charge is -2.27. The molecule has 7 heteroatoms. The fraction of sp³-hybridized carbons (Fsp3) is 0.600. The minimum Gasteiger partial charge on any atom is -0.379 e. The Balaban J connectivity index is 1.79. The summed E-state index contributed by atoms with van der Waals surface area (Å²) < 4.78 is 5.43. The molecule has 1 aromatic rings. The number of rotatable bonds is 9. The molecule has 27 heavy (non-hydrogen) atoms. The minimum atomic E-state index is 0.0654. The van der Waals surface area contributed by atoms with Crippen molar-refractivity contribution >= 4 is 11.9 Å². The second-order valence-corrected chi connectivity index (χ2v) is 6.61. The molecule has 0 unspecified atom stereocenters. The third-order valence-corrected chi connectivity index (χ3v) is 4.50. The zero-order valence-corrected chi connectivity index (χ0v) is 16.6. The molecule has 0 saturated carbocycles. The molecular formula is C20H33N5O2. The number of carbonyl (C=O) groups is 1. The summed E-state index contributed by atoms with van der Waals surface area (Å²) in [7, 11) is 1.74. The monoisotopic (exact) mass is 375 g/mol. The van der Waals surface area contributed by atoms with Crippen LogP contribution in [-0.4, -0.2) is 63.2 Å². The number of hydrogen-bond acceptors (Lipinski definition) is 4. The van der Waals surface area contributed by atoms with Gasteiger partial charge in [0, 0.05) is 52.7 Å². The van der Waals surface area contributed by atoms with E-state index in [0.717, 1.165) is 45.8 Å². The molecule has 1 heterocycles. The number of guanidine groups is 1. The highest BCUT2D eigenvalue weighted by atomic mass is 16.5. The Kier molecular flexibility index (Phi) is 9.65. The van der Waals surface area contributed by atoms with Crippen molar-refractivity contribution in [2.24, 2.45) is 4.99 Å². The highest BCUT2D eigenvalue weighted by Gasteiger charge is 2.12. The fourth-order valence-corrected chi connectivity index (χ4v) is 2.93. The van der Waals surface area contributed by atoms with Crippen LogP contribution in [0.5, 0.6) is 0 Å². The summed E-state index contributed by atoms with van der Waals surface area (Å²) in [5, 5.41) is 9.42. The second kappa shape index (κ2) is 12.3. The number of benzene rings is 1. The maximum Gasteiger partial charge on any atom is 0.221 e. The third-order valence-electron chi connectivity index (χ3n) is 4.50. The van der Waals surface area contributed by atoms with E-state index in [1.54, 1.807) is 7.05 Å². The average Bonchev–Trinajstić information content (AvgIpc) is 2.70. The van der Waals surface area contributed by atoms with Crippen molar-refractivity contribution in [1.82, 2.24) is 20.9 Å². The molecule has 1 aromatic carbocycles. The molecule has 1 aliphatic heterocycles. The lowest BCUT2D eigenvalue weighted by molar-refractivity contribution is -0.120. The Morgan fingerprint density at radius 1 is 1.11 bits per heavy atom. The van der Waals surface area contributed by atoms with Crippen LogP contribution >= 0.6 is 0 Å². The van der Waals surface area contributed by atoms with Gasteiger partial charge in [-0.15, -0.1) is 0 Å². The first-order chi connectivity index (χ1) is 13.2. The van der Waals surface area contributed by atoms with E-state index in [9.17, 15) is 4.79 Å². The van der Waals surface area contributed by atoms with E-state index in [0.29, 0.717) is 25.5 Å². The molecule has 0 atom stereocenters. The van der Waals surface area contributed by atoms with Gasteiger partial charge in [0.25, 0.3) is 0 Å². The normalized spacial score (nSPS) is 15.4. The Labute approximate surface area is 162 Å². The second-order valence-electron chi connectivity index (χ2n) is 6.61. The lowest BCUT2D eigenvalue weighted by Crippen LogP contribution is -2.39. The molecule has 0 spiro atoms. The van der Waals surface area contributed by atoms with Crippen molar-refractivity contribution in [3.63, 3.8) is 0 Å². The van der Waals surface area contributed by atoms with Crippen LogP contribution in [-0.2, 0) is 22.6 Å². The minimum absolute atomic E-state index is 0.0654. The molecule has 1 aliphatic rings. The highest BCUT2D eigenvalue weighted by molar-refractivity contribution is 5.81. The standard InChI is InChI=1S/C20H33N5O2/c1-3-9-22-19(26)8-10-23-20(21-2)24-15-17-6-4-5-7-18(17)16-25-11-13-27-14-12-25/h4-7H,3,8-16H2,1-2H3,(H,22,26)(H2,21,23,24). The van der Waals surface area contributed by atoms with Crippen molar-refractivity contribution in [2.45, 2.75) is 32.9 Å². The first-order valence-corrected chi connectivity index (χ1v) is 9.81. The van der Waals surface area contributed by atoms with Crippen LogP contribution in [0.15, 0.2) is 29.3 Å².